The van der Waals surface area contributed by atoms with Crippen LogP contribution in [0.3, 0.4) is 0 Å². The van der Waals surface area contributed by atoms with E-state index < -0.39 is 21.8 Å². The molecule has 26 heteroatoms. The highest BCUT2D eigenvalue weighted by atomic mass is 32.2. The predicted molar refractivity (Wildman–Crippen MR) is 285 cm³/mol. The third kappa shape index (κ3) is 26.2. The number of anilines is 1. The molecule has 0 aliphatic carbocycles. The summed E-state index contributed by atoms with van der Waals surface area (Å²) in [6.45, 7) is 11.6. The molecule has 2 N–H and O–H groups in total. The molecule has 0 unspecified atom stereocenters. The molecular formula is C53H69F3N6O15S2. The summed E-state index contributed by atoms with van der Waals surface area (Å²) in [4.78, 5) is 8.12. The number of methoxy groups -OCH3 is 1. The van der Waals surface area contributed by atoms with Crippen molar-refractivity contribution >= 4 is 26.7 Å². The van der Waals surface area contributed by atoms with Gasteiger partial charge in [-0.1, -0.05) is 18.2 Å². The number of ether oxygens (including phenoxy) is 13. The highest BCUT2D eigenvalue weighted by Crippen LogP contribution is 2.40. The van der Waals surface area contributed by atoms with Crippen molar-refractivity contribution in [3.8, 4) is 39.8 Å². The molecule has 0 saturated carbocycles. The first kappa shape index (κ1) is 64.5. The summed E-state index contributed by atoms with van der Waals surface area (Å²) >= 11 is 0.848. The van der Waals surface area contributed by atoms with Gasteiger partial charge in [-0.15, -0.1) is 0 Å². The second kappa shape index (κ2) is 38.3. The molecule has 5 rings (SSSR count). The van der Waals surface area contributed by atoms with Crippen LogP contribution in [-0.2, 0) is 79.6 Å². The summed E-state index contributed by atoms with van der Waals surface area (Å²) in [5.74, 6) is 0.296. The molecule has 0 bridgehead atoms. The third-order valence-corrected chi connectivity index (χ3v) is 12.7. The number of halogens is 3. The van der Waals surface area contributed by atoms with Gasteiger partial charge < -0.3 is 66.9 Å². The lowest BCUT2D eigenvalue weighted by atomic mass is 9.97. The van der Waals surface area contributed by atoms with Crippen LogP contribution in [0.5, 0.6) is 11.5 Å². The molecule has 0 spiro atoms. The van der Waals surface area contributed by atoms with Crippen LogP contribution in [0.4, 0.5) is 18.3 Å². The van der Waals surface area contributed by atoms with E-state index in [0.29, 0.717) is 193 Å². The molecule has 79 heavy (non-hydrogen) atoms. The first-order chi connectivity index (χ1) is 38.6. The molecule has 0 radical (unpaired) electrons. The zero-order valence-corrected chi connectivity index (χ0v) is 45.8. The van der Waals surface area contributed by atoms with Crippen molar-refractivity contribution in [1.29, 1.82) is 5.26 Å². The lowest BCUT2D eigenvalue weighted by Gasteiger charge is -2.16. The van der Waals surface area contributed by atoms with Crippen LogP contribution in [0.25, 0.3) is 22.3 Å². The molecule has 0 aliphatic rings. The highest BCUT2D eigenvalue weighted by molar-refractivity contribution is 7.93. The van der Waals surface area contributed by atoms with E-state index in [4.69, 9.17) is 61.6 Å². The number of alkyl halides is 3. The van der Waals surface area contributed by atoms with Crippen LogP contribution in [0.15, 0.2) is 90.2 Å². The normalized spacial score (nSPS) is 11.8. The number of nitriles is 1. The van der Waals surface area contributed by atoms with Gasteiger partial charge in [0.05, 0.1) is 174 Å². The van der Waals surface area contributed by atoms with Crippen LogP contribution < -0.4 is 14.8 Å². The Morgan fingerprint density at radius 1 is 0.570 bits per heavy atom. The summed E-state index contributed by atoms with van der Waals surface area (Å²) in [6.07, 6.45) is -1.75. The molecular weight excluding hydrogens is 1080 g/mol. The third-order valence-electron chi connectivity index (χ3n) is 10.7. The molecule has 0 saturated heterocycles. The molecule has 434 valence electrons. The lowest BCUT2D eigenvalue weighted by Crippen LogP contribution is -2.21. The summed E-state index contributed by atoms with van der Waals surface area (Å²) in [5, 5.41) is 13.4. The number of sulfonamides is 1. The van der Waals surface area contributed by atoms with Crippen molar-refractivity contribution in [3.05, 3.63) is 102 Å². The Labute approximate surface area is 463 Å². The summed E-state index contributed by atoms with van der Waals surface area (Å²) < 4.78 is 145. The van der Waals surface area contributed by atoms with Crippen molar-refractivity contribution < 1.29 is 83.2 Å². The summed E-state index contributed by atoms with van der Waals surface area (Å²) in [6, 6.07) is 19.2. The van der Waals surface area contributed by atoms with E-state index >= 15 is 0 Å². The van der Waals surface area contributed by atoms with E-state index in [-0.39, 0.29) is 27.1 Å². The maximum atomic E-state index is 13.7. The monoisotopic (exact) mass is 1150 g/mol. The fraction of sp³-hybridized carbons (Fsp3) is 0.509. The quantitative estimate of drug-likeness (QED) is 0.0387. The van der Waals surface area contributed by atoms with Crippen molar-refractivity contribution in [2.75, 3.05) is 170 Å². The highest BCUT2D eigenvalue weighted by Gasteiger charge is 2.30. The molecule has 5 aromatic rings. The van der Waals surface area contributed by atoms with Gasteiger partial charge in [-0.3, -0.25) is 9.71 Å². The Balaban J connectivity index is 0.892. The standard InChI is InChI=1S/C53H69F3N6O15S2/c1-65-13-14-67-17-18-69-21-22-71-25-26-73-29-30-75-33-34-76-32-31-74-28-27-72-24-23-70-20-19-68-16-15-66-12-11-58-40-47-36-44(9-10-59-47)49-38-43(42-3-2-4-46(35-42)53(54,55)56)5-7-51(49)77-50-8-6-48(37-45(50)39-57)79(63,64)62-52-60-41-61-78-52/h2-10,35-38,41,58H,11-34,40H2,1H3,(H,60,61,62). The SMILES string of the molecule is COCCOCCOCCOCCOCCOCCOCCOCCOCCOCCOCCOCCNCc1cc(-c2cc(-c3cccc(C(F)(F)F)c3)ccc2Oc2ccc(S(=O)(=O)Nc3ncns3)cc2C#N)ccn1. The summed E-state index contributed by atoms with van der Waals surface area (Å²) in [5.41, 5.74) is 1.65. The molecule has 0 atom stereocenters. The minimum absolute atomic E-state index is 0.0469. The first-order valence-electron chi connectivity index (χ1n) is 25.4. The lowest BCUT2D eigenvalue weighted by molar-refractivity contribution is -0.137. The predicted octanol–water partition coefficient (Wildman–Crippen LogP) is 6.67. The van der Waals surface area contributed by atoms with Gasteiger partial charge in [0.25, 0.3) is 10.0 Å². The first-order valence-corrected chi connectivity index (χ1v) is 27.7. The maximum absolute atomic E-state index is 13.7. The number of nitrogens with zero attached hydrogens (tertiary/aromatic N) is 4. The number of benzene rings is 3. The number of aromatic nitrogens is 3. The van der Waals surface area contributed by atoms with Crippen molar-refractivity contribution in [2.24, 2.45) is 0 Å². The van der Waals surface area contributed by atoms with Crippen LogP contribution >= 0.6 is 11.5 Å². The minimum Gasteiger partial charge on any atom is -0.455 e. The Morgan fingerprint density at radius 3 is 1.57 bits per heavy atom. The topological polar surface area (TPSA) is 241 Å². The van der Waals surface area contributed by atoms with Gasteiger partial charge in [0.15, 0.2) is 0 Å². The van der Waals surface area contributed by atoms with Gasteiger partial charge in [0.2, 0.25) is 5.13 Å². The molecule has 2 aromatic heterocycles. The number of pyridine rings is 1. The zero-order valence-electron chi connectivity index (χ0n) is 44.1. The number of nitrogens with one attached hydrogen (secondary N) is 2. The largest absolute Gasteiger partial charge is 0.455 e. The fourth-order valence-electron chi connectivity index (χ4n) is 6.81. The number of hydrogen-bond acceptors (Lipinski definition) is 21. The van der Waals surface area contributed by atoms with Gasteiger partial charge in [-0.05, 0) is 71.3 Å². The molecule has 0 aliphatic heterocycles. The molecule has 2 heterocycles. The Hall–Kier alpha value is -5.32. The van der Waals surface area contributed by atoms with E-state index in [1.165, 1.54) is 30.6 Å². The smallest absolute Gasteiger partial charge is 0.416 e. The van der Waals surface area contributed by atoms with Crippen LogP contribution in [0, 0.1) is 11.3 Å². The van der Waals surface area contributed by atoms with E-state index in [1.807, 2.05) is 12.1 Å². The van der Waals surface area contributed by atoms with E-state index in [9.17, 15) is 26.9 Å². The number of hydrogen-bond donors (Lipinski definition) is 2. The van der Waals surface area contributed by atoms with Gasteiger partial charge in [-0.2, -0.15) is 22.8 Å². The van der Waals surface area contributed by atoms with Crippen LogP contribution in [-0.4, -0.2) is 188 Å². The van der Waals surface area contributed by atoms with Gasteiger partial charge in [0.1, 0.15) is 23.9 Å². The molecule has 0 fully saturated rings. The van der Waals surface area contributed by atoms with E-state index in [2.05, 4.69) is 24.4 Å². The maximum Gasteiger partial charge on any atom is 0.416 e. The van der Waals surface area contributed by atoms with E-state index in [0.717, 1.165) is 23.7 Å². The minimum atomic E-state index is -4.55. The second-order valence-electron chi connectivity index (χ2n) is 16.5. The zero-order chi connectivity index (χ0) is 56.1. The number of rotatable bonds is 45. The van der Waals surface area contributed by atoms with Gasteiger partial charge in [-0.25, -0.2) is 13.4 Å². The Morgan fingerprint density at radius 2 is 1.08 bits per heavy atom. The average molecular weight is 1150 g/mol. The second-order valence-corrected chi connectivity index (χ2v) is 18.9. The average Bonchev–Trinajstić information content (AvgIpc) is 3.97. The van der Waals surface area contributed by atoms with E-state index in [1.54, 1.807) is 43.6 Å². The van der Waals surface area contributed by atoms with Crippen molar-refractivity contribution in [2.45, 2.75) is 17.6 Å². The fourth-order valence-corrected chi connectivity index (χ4v) is 8.50. The van der Waals surface area contributed by atoms with Crippen LogP contribution in [0.2, 0.25) is 0 Å². The molecule has 21 nitrogen and oxygen atoms in total. The Bertz CT molecular complexity index is 2600. The van der Waals surface area contributed by atoms with Crippen molar-refractivity contribution in [3.63, 3.8) is 0 Å². The Kier molecular flexibility index (Phi) is 31.3. The summed E-state index contributed by atoms with van der Waals surface area (Å²) in [7, 11) is -2.48. The molecule has 3 aromatic carbocycles. The van der Waals surface area contributed by atoms with Crippen LogP contribution in [0.1, 0.15) is 16.8 Å². The van der Waals surface area contributed by atoms with Gasteiger partial charge >= 0.3 is 6.18 Å². The molecule has 0 amide bonds. The van der Waals surface area contributed by atoms with Gasteiger partial charge in [0, 0.05) is 43.5 Å². The van der Waals surface area contributed by atoms with Crippen molar-refractivity contribution in [1.82, 2.24) is 19.7 Å².